The lowest BCUT2D eigenvalue weighted by atomic mass is 9.67. The maximum atomic E-state index is 12.5. The minimum atomic E-state index is -1.11. The third-order valence-electron chi connectivity index (χ3n) is 5.20. The average Bonchev–Trinajstić information content (AvgIpc) is 2.25. The van der Waals surface area contributed by atoms with E-state index in [0.717, 1.165) is 32.1 Å². The summed E-state index contributed by atoms with van der Waals surface area (Å²) >= 11 is 0. The zero-order chi connectivity index (χ0) is 14.3. The molecule has 0 saturated heterocycles. The highest BCUT2D eigenvalue weighted by atomic mass is 16.4. The molecule has 0 bridgehead atoms. The molecule has 2 fully saturated rings. The summed E-state index contributed by atoms with van der Waals surface area (Å²) in [5.41, 5.74) is -0.747. The van der Waals surface area contributed by atoms with Crippen molar-refractivity contribution in [2.75, 3.05) is 7.05 Å². The Kier molecular flexibility index (Phi) is 3.63. The van der Waals surface area contributed by atoms with E-state index in [1.807, 2.05) is 0 Å². The summed E-state index contributed by atoms with van der Waals surface area (Å²) in [6.07, 6.45) is 6.05. The third kappa shape index (κ3) is 2.49. The second-order valence-corrected chi connectivity index (χ2v) is 7.05. The van der Waals surface area contributed by atoms with E-state index in [1.54, 1.807) is 11.9 Å². The molecule has 0 unspecified atom stereocenters. The third-order valence-corrected chi connectivity index (χ3v) is 5.20. The molecule has 0 heterocycles. The lowest BCUT2D eigenvalue weighted by Gasteiger charge is -2.44. The molecule has 0 radical (unpaired) electrons. The van der Waals surface area contributed by atoms with Crippen molar-refractivity contribution in [3.63, 3.8) is 0 Å². The maximum absolute atomic E-state index is 12.5. The molecule has 0 aromatic rings. The van der Waals surface area contributed by atoms with Gasteiger partial charge in [0.2, 0.25) is 5.91 Å². The molecule has 0 atom stereocenters. The van der Waals surface area contributed by atoms with Crippen LogP contribution in [0, 0.1) is 10.8 Å². The van der Waals surface area contributed by atoms with Crippen molar-refractivity contribution >= 4 is 11.9 Å². The molecule has 19 heavy (non-hydrogen) atoms. The van der Waals surface area contributed by atoms with E-state index in [1.165, 1.54) is 0 Å². The summed E-state index contributed by atoms with van der Waals surface area (Å²) in [5, 5.41) is 9.34. The Morgan fingerprint density at radius 3 is 2.00 bits per heavy atom. The number of carboxylic acids is 1. The second-order valence-electron chi connectivity index (χ2n) is 7.05. The predicted molar refractivity (Wildman–Crippen MR) is 72.7 cm³/mol. The smallest absolute Gasteiger partial charge is 0.319 e. The number of carboxylic acid groups (broad SMARTS) is 1. The van der Waals surface area contributed by atoms with Gasteiger partial charge < -0.3 is 10.0 Å². The Bertz CT molecular complexity index is 375. The predicted octanol–water partition coefficient (Wildman–Crippen LogP) is 2.67. The Hall–Kier alpha value is -1.06. The summed E-state index contributed by atoms with van der Waals surface area (Å²) in [4.78, 5) is 25.6. The Labute approximate surface area is 115 Å². The standard InChI is InChI=1S/C15H25NO3/c1-14(2)9-5-11(6-10-14)16(3)12(17)15(13(18)19)7-4-8-15/h11H,4-10H2,1-3H3,(H,18,19). The minimum absolute atomic E-state index is 0.170. The van der Waals surface area contributed by atoms with Crippen LogP contribution in [0.4, 0.5) is 0 Å². The Morgan fingerprint density at radius 1 is 1.11 bits per heavy atom. The largest absolute Gasteiger partial charge is 0.480 e. The lowest BCUT2D eigenvalue weighted by Crippen LogP contribution is -2.54. The van der Waals surface area contributed by atoms with Gasteiger partial charge in [0.05, 0.1) is 0 Å². The van der Waals surface area contributed by atoms with Crippen LogP contribution in [0.25, 0.3) is 0 Å². The lowest BCUT2D eigenvalue weighted by molar-refractivity contribution is -0.168. The van der Waals surface area contributed by atoms with Crippen LogP contribution in [-0.2, 0) is 9.59 Å². The van der Waals surface area contributed by atoms with Gasteiger partial charge in [-0.25, -0.2) is 0 Å². The quantitative estimate of drug-likeness (QED) is 0.800. The first-order valence-electron chi connectivity index (χ1n) is 7.29. The Morgan fingerprint density at radius 2 is 1.63 bits per heavy atom. The molecular formula is C15H25NO3. The number of carbonyl (C=O) groups excluding carboxylic acids is 1. The van der Waals surface area contributed by atoms with E-state index in [2.05, 4.69) is 13.8 Å². The molecule has 0 aromatic carbocycles. The second kappa shape index (κ2) is 4.80. The summed E-state index contributed by atoms with van der Waals surface area (Å²) in [7, 11) is 1.79. The van der Waals surface area contributed by atoms with Crippen LogP contribution >= 0.6 is 0 Å². The van der Waals surface area contributed by atoms with Crippen molar-refractivity contribution in [2.24, 2.45) is 10.8 Å². The molecule has 2 saturated carbocycles. The molecule has 2 aliphatic rings. The van der Waals surface area contributed by atoms with Crippen molar-refractivity contribution in [3.8, 4) is 0 Å². The van der Waals surface area contributed by atoms with E-state index in [4.69, 9.17) is 0 Å². The zero-order valence-electron chi connectivity index (χ0n) is 12.2. The Balaban J connectivity index is 2.02. The SMILES string of the molecule is CN(C(=O)C1(C(=O)O)CCC1)C1CCC(C)(C)CC1. The summed E-state index contributed by atoms with van der Waals surface area (Å²) in [6, 6.07) is 0.220. The topological polar surface area (TPSA) is 57.6 Å². The fourth-order valence-electron chi connectivity index (χ4n) is 3.32. The van der Waals surface area contributed by atoms with Gasteiger partial charge >= 0.3 is 5.97 Å². The van der Waals surface area contributed by atoms with E-state index in [9.17, 15) is 14.7 Å². The van der Waals surface area contributed by atoms with Crippen LogP contribution in [-0.4, -0.2) is 35.0 Å². The first-order chi connectivity index (χ1) is 8.78. The van der Waals surface area contributed by atoms with Gasteiger partial charge in [0.25, 0.3) is 0 Å². The summed E-state index contributed by atoms with van der Waals surface area (Å²) in [5.74, 6) is -1.11. The normalized spacial score (nSPS) is 25.4. The van der Waals surface area contributed by atoms with Crippen LogP contribution in [0.2, 0.25) is 0 Å². The van der Waals surface area contributed by atoms with E-state index in [-0.39, 0.29) is 11.9 Å². The molecule has 1 amide bonds. The van der Waals surface area contributed by atoms with Gasteiger partial charge in [-0.1, -0.05) is 20.3 Å². The molecule has 1 N–H and O–H groups in total. The average molecular weight is 267 g/mol. The van der Waals surface area contributed by atoms with Gasteiger partial charge in [0.15, 0.2) is 0 Å². The van der Waals surface area contributed by atoms with Gasteiger partial charge in [-0.15, -0.1) is 0 Å². The van der Waals surface area contributed by atoms with Crippen LogP contribution in [0.3, 0.4) is 0 Å². The van der Waals surface area contributed by atoms with E-state index in [0.29, 0.717) is 18.3 Å². The van der Waals surface area contributed by atoms with Gasteiger partial charge in [-0.05, 0) is 43.9 Å². The summed E-state index contributed by atoms with van der Waals surface area (Å²) in [6.45, 7) is 4.52. The van der Waals surface area contributed by atoms with E-state index >= 15 is 0 Å². The number of nitrogens with zero attached hydrogens (tertiary/aromatic N) is 1. The maximum Gasteiger partial charge on any atom is 0.319 e. The monoisotopic (exact) mass is 267 g/mol. The molecular weight excluding hydrogens is 242 g/mol. The van der Waals surface area contributed by atoms with Gasteiger partial charge in [-0.3, -0.25) is 9.59 Å². The van der Waals surface area contributed by atoms with Crippen LogP contribution < -0.4 is 0 Å². The highest BCUT2D eigenvalue weighted by Gasteiger charge is 2.53. The van der Waals surface area contributed by atoms with Crippen molar-refractivity contribution in [1.29, 1.82) is 0 Å². The molecule has 4 nitrogen and oxygen atoms in total. The number of hydrogen-bond donors (Lipinski definition) is 1. The molecule has 0 spiro atoms. The van der Waals surface area contributed by atoms with Crippen molar-refractivity contribution in [1.82, 2.24) is 4.90 Å². The number of carbonyl (C=O) groups is 2. The highest BCUT2D eigenvalue weighted by molar-refractivity contribution is 6.02. The van der Waals surface area contributed by atoms with Gasteiger partial charge in [0.1, 0.15) is 5.41 Å². The first kappa shape index (κ1) is 14.4. The summed E-state index contributed by atoms with van der Waals surface area (Å²) < 4.78 is 0. The van der Waals surface area contributed by atoms with Gasteiger partial charge in [-0.2, -0.15) is 0 Å². The van der Waals surface area contributed by atoms with Crippen molar-refractivity contribution in [3.05, 3.63) is 0 Å². The first-order valence-corrected chi connectivity index (χ1v) is 7.29. The fourth-order valence-corrected chi connectivity index (χ4v) is 3.32. The molecule has 108 valence electrons. The van der Waals surface area contributed by atoms with E-state index < -0.39 is 11.4 Å². The zero-order valence-corrected chi connectivity index (χ0v) is 12.2. The fraction of sp³-hybridized carbons (Fsp3) is 0.867. The van der Waals surface area contributed by atoms with Crippen LogP contribution in [0.15, 0.2) is 0 Å². The molecule has 2 rings (SSSR count). The highest BCUT2D eigenvalue weighted by Crippen LogP contribution is 2.44. The van der Waals surface area contributed by atoms with Crippen molar-refractivity contribution in [2.45, 2.75) is 64.8 Å². The molecule has 4 heteroatoms. The number of rotatable bonds is 3. The van der Waals surface area contributed by atoms with Crippen molar-refractivity contribution < 1.29 is 14.7 Å². The van der Waals surface area contributed by atoms with Gasteiger partial charge in [0, 0.05) is 13.1 Å². The molecule has 2 aliphatic carbocycles. The number of amides is 1. The van der Waals surface area contributed by atoms with Crippen LogP contribution in [0.5, 0.6) is 0 Å². The van der Waals surface area contributed by atoms with Crippen LogP contribution in [0.1, 0.15) is 58.8 Å². The molecule has 0 aromatic heterocycles. The molecule has 0 aliphatic heterocycles. The minimum Gasteiger partial charge on any atom is -0.480 e. The number of hydrogen-bond acceptors (Lipinski definition) is 2. The number of aliphatic carboxylic acids is 1.